The zero-order valence-electron chi connectivity index (χ0n) is 7.35. The van der Waals surface area contributed by atoms with Gasteiger partial charge in [0.15, 0.2) is 9.76 Å². The second-order valence-electron chi connectivity index (χ2n) is 3.92. The molecule has 1 atom stereocenters. The van der Waals surface area contributed by atoms with E-state index in [4.69, 9.17) is 9.53 Å². The molecule has 0 fully saturated rings. The lowest BCUT2D eigenvalue weighted by Gasteiger charge is -2.17. The van der Waals surface area contributed by atoms with Crippen molar-refractivity contribution in [2.45, 2.75) is 38.8 Å². The Morgan fingerprint density at radius 3 is 2.30 bits per heavy atom. The van der Waals surface area contributed by atoms with Crippen LogP contribution in [0.25, 0.3) is 0 Å². The highest BCUT2D eigenvalue weighted by molar-refractivity contribution is 6.31. The molecule has 0 aromatic rings. The van der Waals surface area contributed by atoms with Crippen molar-refractivity contribution in [1.29, 1.82) is 0 Å². The van der Waals surface area contributed by atoms with Crippen molar-refractivity contribution in [2.75, 3.05) is 6.61 Å². The molecule has 0 aliphatic rings. The van der Waals surface area contributed by atoms with Crippen molar-refractivity contribution >= 4 is 9.76 Å². The van der Waals surface area contributed by atoms with Gasteiger partial charge in [0.25, 0.3) is 0 Å². The molecule has 0 aromatic heterocycles. The van der Waals surface area contributed by atoms with Crippen LogP contribution < -0.4 is 0 Å². The number of hydrogen-bond acceptors (Lipinski definition) is 2. The Morgan fingerprint density at radius 2 is 2.00 bits per heavy atom. The summed E-state index contributed by atoms with van der Waals surface area (Å²) >= 11 is 0. The Labute approximate surface area is 65.5 Å². The normalized spacial score (nSPS) is 16.5. The second-order valence-corrected chi connectivity index (χ2v) is 6.74. The summed E-state index contributed by atoms with van der Waals surface area (Å²) in [7, 11) is -0.453. The van der Waals surface area contributed by atoms with E-state index in [1.165, 1.54) is 0 Å². The largest absolute Gasteiger partial charge is 0.421 e. The summed E-state index contributed by atoms with van der Waals surface area (Å²) in [5.41, 5.74) is 0. The fraction of sp³-hybridized carbons (Fsp3) is 1.00. The van der Waals surface area contributed by atoms with Crippen LogP contribution in [0.15, 0.2) is 0 Å². The fourth-order valence-electron chi connectivity index (χ4n) is 0.536. The monoisotopic (exact) mass is 162 g/mol. The highest BCUT2D eigenvalue weighted by atomic mass is 28.2. The number of aliphatic hydroxyl groups is 1. The molecule has 0 rings (SSSR count). The van der Waals surface area contributed by atoms with Crippen molar-refractivity contribution in [3.8, 4) is 0 Å². The van der Waals surface area contributed by atoms with E-state index in [9.17, 15) is 0 Å². The van der Waals surface area contributed by atoms with Gasteiger partial charge in [0.2, 0.25) is 0 Å². The Morgan fingerprint density at radius 1 is 1.50 bits per heavy atom. The molecule has 10 heavy (non-hydrogen) atoms. The summed E-state index contributed by atoms with van der Waals surface area (Å²) in [5.74, 6) is 0. The van der Waals surface area contributed by atoms with Crippen LogP contribution in [0.3, 0.4) is 0 Å². The smallest absolute Gasteiger partial charge is 0.166 e. The van der Waals surface area contributed by atoms with Gasteiger partial charge in [-0.1, -0.05) is 20.8 Å². The lowest BCUT2D eigenvalue weighted by molar-refractivity contribution is 0.123. The number of aliphatic hydroxyl groups excluding tert-OH is 1. The maximum Gasteiger partial charge on any atom is 0.166 e. The maximum atomic E-state index is 8.85. The predicted molar refractivity (Wildman–Crippen MR) is 45.9 cm³/mol. The lowest BCUT2D eigenvalue weighted by atomic mass is 10.3. The van der Waals surface area contributed by atoms with Gasteiger partial charge in [-0.2, -0.15) is 0 Å². The van der Waals surface area contributed by atoms with Gasteiger partial charge in [-0.05, 0) is 12.0 Å². The minimum absolute atomic E-state index is 0.310. The zero-order valence-corrected chi connectivity index (χ0v) is 8.76. The van der Waals surface area contributed by atoms with E-state index in [0.29, 0.717) is 11.6 Å². The molecule has 0 heterocycles. The van der Waals surface area contributed by atoms with E-state index in [0.717, 1.165) is 0 Å². The second kappa shape index (κ2) is 4.11. The van der Waals surface area contributed by atoms with Crippen LogP contribution in [-0.2, 0) is 4.43 Å². The number of rotatable bonds is 3. The van der Waals surface area contributed by atoms with Gasteiger partial charge in [0.05, 0.1) is 12.7 Å². The van der Waals surface area contributed by atoms with Crippen LogP contribution in [0.4, 0.5) is 0 Å². The minimum atomic E-state index is -0.453. The van der Waals surface area contributed by atoms with E-state index in [1.807, 2.05) is 0 Å². The molecule has 3 heteroatoms. The third kappa shape index (κ3) is 8.14. The van der Waals surface area contributed by atoms with Gasteiger partial charge in [-0.15, -0.1) is 0 Å². The average Bonchev–Trinajstić information content (AvgIpc) is 1.59. The lowest BCUT2D eigenvalue weighted by Crippen LogP contribution is -2.18. The van der Waals surface area contributed by atoms with E-state index in [2.05, 4.69) is 20.8 Å². The van der Waals surface area contributed by atoms with Crippen LogP contribution in [0.2, 0.25) is 5.04 Å². The summed E-state index contributed by atoms with van der Waals surface area (Å²) in [6.07, 6.45) is -0.310. The summed E-state index contributed by atoms with van der Waals surface area (Å²) in [5, 5.41) is 9.19. The molecule has 0 aliphatic carbocycles. The Hall–Kier alpha value is 0.137. The standard InChI is InChI=1S/C7H18O2Si/c1-6(8)5-9-10-7(2,3)4/h6,8H,5,10H2,1-4H3. The molecule has 2 nitrogen and oxygen atoms in total. The van der Waals surface area contributed by atoms with E-state index < -0.39 is 9.76 Å². The Kier molecular flexibility index (Phi) is 4.16. The minimum Gasteiger partial charge on any atom is -0.421 e. The molecule has 0 saturated heterocycles. The molecule has 1 N–H and O–H groups in total. The SMILES string of the molecule is CC(O)CO[SiH2]C(C)(C)C. The van der Waals surface area contributed by atoms with Crippen molar-refractivity contribution in [3.05, 3.63) is 0 Å². The van der Waals surface area contributed by atoms with Crippen LogP contribution in [0.5, 0.6) is 0 Å². The molecule has 0 aromatic carbocycles. The van der Waals surface area contributed by atoms with Gasteiger partial charge < -0.3 is 9.53 Å². The van der Waals surface area contributed by atoms with Gasteiger partial charge >= 0.3 is 0 Å². The molecule has 1 unspecified atom stereocenters. The summed E-state index contributed by atoms with van der Waals surface area (Å²) in [6, 6.07) is 0. The highest BCUT2D eigenvalue weighted by Gasteiger charge is 2.11. The first-order valence-electron chi connectivity index (χ1n) is 3.67. The average molecular weight is 162 g/mol. The van der Waals surface area contributed by atoms with Crippen LogP contribution in [0.1, 0.15) is 27.7 Å². The van der Waals surface area contributed by atoms with E-state index in [-0.39, 0.29) is 6.10 Å². The van der Waals surface area contributed by atoms with Gasteiger partial charge in [-0.3, -0.25) is 0 Å². The number of hydrogen-bond donors (Lipinski definition) is 1. The Balaban J connectivity index is 3.21. The third-order valence-electron chi connectivity index (χ3n) is 0.894. The first-order chi connectivity index (χ1) is 4.42. The van der Waals surface area contributed by atoms with Crippen molar-refractivity contribution in [3.63, 3.8) is 0 Å². The molecule has 0 spiro atoms. The fourth-order valence-corrected chi connectivity index (χ4v) is 1.61. The predicted octanol–water partition coefficient (Wildman–Crippen LogP) is 0.686. The van der Waals surface area contributed by atoms with Crippen molar-refractivity contribution in [1.82, 2.24) is 0 Å². The van der Waals surface area contributed by atoms with Crippen LogP contribution in [-0.4, -0.2) is 27.6 Å². The highest BCUT2D eigenvalue weighted by Crippen LogP contribution is 2.19. The van der Waals surface area contributed by atoms with Gasteiger partial charge in [0, 0.05) is 0 Å². The van der Waals surface area contributed by atoms with Crippen LogP contribution >= 0.6 is 0 Å². The molecule has 0 aliphatic heterocycles. The molecule has 0 radical (unpaired) electrons. The zero-order chi connectivity index (χ0) is 8.20. The van der Waals surface area contributed by atoms with Gasteiger partial charge in [-0.25, -0.2) is 0 Å². The van der Waals surface area contributed by atoms with Crippen molar-refractivity contribution < 1.29 is 9.53 Å². The molecular formula is C7H18O2Si. The summed E-state index contributed by atoms with van der Waals surface area (Å²) < 4.78 is 5.35. The molecule has 0 bridgehead atoms. The molecule has 0 amide bonds. The van der Waals surface area contributed by atoms with Crippen molar-refractivity contribution in [2.24, 2.45) is 0 Å². The van der Waals surface area contributed by atoms with E-state index in [1.54, 1.807) is 6.92 Å². The first kappa shape index (κ1) is 10.1. The third-order valence-corrected chi connectivity index (χ3v) is 2.20. The molecule has 62 valence electrons. The van der Waals surface area contributed by atoms with E-state index >= 15 is 0 Å². The summed E-state index contributed by atoms with van der Waals surface area (Å²) in [6.45, 7) is 8.75. The topological polar surface area (TPSA) is 29.5 Å². The summed E-state index contributed by atoms with van der Waals surface area (Å²) in [4.78, 5) is 0. The first-order valence-corrected chi connectivity index (χ1v) is 4.96. The van der Waals surface area contributed by atoms with Gasteiger partial charge in [0.1, 0.15) is 0 Å². The molecular weight excluding hydrogens is 144 g/mol. The van der Waals surface area contributed by atoms with Crippen LogP contribution in [0, 0.1) is 0 Å². The Bertz CT molecular complexity index is 86.1. The quantitative estimate of drug-likeness (QED) is 0.619. The molecule has 0 saturated carbocycles. The maximum absolute atomic E-state index is 8.85.